The minimum Gasteiger partial charge on any atom is -0.379 e. The van der Waals surface area contributed by atoms with Crippen molar-refractivity contribution < 1.29 is 9.13 Å². The summed E-state index contributed by atoms with van der Waals surface area (Å²) >= 11 is 8.32. The Morgan fingerprint density at radius 2 is 2.23 bits per heavy atom. The summed E-state index contributed by atoms with van der Waals surface area (Å²) in [6.45, 7) is 5.09. The Morgan fingerprint density at radius 1 is 1.45 bits per heavy atom. The standard InChI is InChI=1S/C14H18BrFN4OS/c15-12-2-1-11(13(16)9-12)10-18-19-14(22)17-3-4-20-5-7-21-8-6-20/h1-2,9-10H,3-8H2,(H2,17,19,22)/b18-10-. The third kappa shape index (κ3) is 5.96. The van der Waals surface area contributed by atoms with Crippen molar-refractivity contribution in [3.8, 4) is 0 Å². The van der Waals surface area contributed by atoms with Gasteiger partial charge in [-0.2, -0.15) is 5.10 Å². The number of morpholine rings is 1. The number of nitrogens with one attached hydrogen (secondary N) is 2. The molecule has 0 aliphatic carbocycles. The Balaban J connectivity index is 1.67. The predicted octanol–water partition coefficient (Wildman–Crippen LogP) is 1.72. The molecule has 1 heterocycles. The van der Waals surface area contributed by atoms with Crippen LogP contribution in [0.2, 0.25) is 0 Å². The summed E-state index contributed by atoms with van der Waals surface area (Å²) in [6, 6.07) is 4.78. The molecule has 120 valence electrons. The van der Waals surface area contributed by atoms with Crippen molar-refractivity contribution >= 4 is 39.5 Å². The number of thiocarbonyl (C=S) groups is 1. The number of hydrogen-bond donors (Lipinski definition) is 2. The highest BCUT2D eigenvalue weighted by molar-refractivity contribution is 9.10. The van der Waals surface area contributed by atoms with E-state index >= 15 is 0 Å². The van der Waals surface area contributed by atoms with Gasteiger partial charge in [-0.05, 0) is 30.4 Å². The van der Waals surface area contributed by atoms with Gasteiger partial charge < -0.3 is 10.1 Å². The van der Waals surface area contributed by atoms with Crippen LogP contribution in [-0.2, 0) is 4.74 Å². The maximum atomic E-state index is 13.6. The van der Waals surface area contributed by atoms with Crippen LogP contribution in [0.3, 0.4) is 0 Å². The summed E-state index contributed by atoms with van der Waals surface area (Å²) in [5.74, 6) is -0.342. The average Bonchev–Trinajstić information content (AvgIpc) is 2.50. The molecule has 1 aliphatic rings. The first-order valence-electron chi connectivity index (χ1n) is 6.97. The zero-order valence-corrected chi connectivity index (χ0v) is 14.4. The summed E-state index contributed by atoms with van der Waals surface area (Å²) in [7, 11) is 0. The summed E-state index contributed by atoms with van der Waals surface area (Å²) < 4.78 is 19.5. The van der Waals surface area contributed by atoms with Crippen molar-refractivity contribution in [1.82, 2.24) is 15.6 Å². The van der Waals surface area contributed by atoms with Gasteiger partial charge in [-0.15, -0.1) is 0 Å². The van der Waals surface area contributed by atoms with E-state index in [9.17, 15) is 4.39 Å². The van der Waals surface area contributed by atoms with Crippen molar-refractivity contribution in [1.29, 1.82) is 0 Å². The molecule has 0 spiro atoms. The molecule has 1 aromatic carbocycles. The molecule has 1 fully saturated rings. The fourth-order valence-electron chi connectivity index (χ4n) is 1.96. The molecule has 0 saturated carbocycles. The van der Waals surface area contributed by atoms with E-state index in [1.165, 1.54) is 12.3 Å². The molecule has 0 amide bonds. The maximum Gasteiger partial charge on any atom is 0.187 e. The first kappa shape index (κ1) is 17.3. The zero-order chi connectivity index (χ0) is 15.8. The van der Waals surface area contributed by atoms with Crippen LogP contribution >= 0.6 is 28.1 Å². The normalized spacial score (nSPS) is 15.9. The molecular formula is C14H18BrFN4OS. The highest BCUT2D eigenvalue weighted by Gasteiger charge is 2.09. The number of rotatable bonds is 5. The van der Waals surface area contributed by atoms with Gasteiger partial charge in [0.2, 0.25) is 0 Å². The van der Waals surface area contributed by atoms with Crippen LogP contribution in [0.15, 0.2) is 27.8 Å². The van der Waals surface area contributed by atoms with Crippen LogP contribution < -0.4 is 10.7 Å². The third-order valence-corrected chi connectivity index (χ3v) is 3.88. The van der Waals surface area contributed by atoms with Gasteiger partial charge in [-0.3, -0.25) is 10.3 Å². The highest BCUT2D eigenvalue weighted by atomic mass is 79.9. The number of hydrazone groups is 1. The quantitative estimate of drug-likeness (QED) is 0.456. The molecule has 0 unspecified atom stereocenters. The number of hydrogen-bond acceptors (Lipinski definition) is 4. The minimum atomic E-state index is -0.342. The molecule has 0 radical (unpaired) electrons. The van der Waals surface area contributed by atoms with Crippen molar-refractivity contribution in [2.45, 2.75) is 0 Å². The molecule has 5 nitrogen and oxygen atoms in total. The molecule has 1 aromatic rings. The van der Waals surface area contributed by atoms with Crippen LogP contribution in [0, 0.1) is 5.82 Å². The van der Waals surface area contributed by atoms with Gasteiger partial charge in [0.15, 0.2) is 5.11 Å². The second-order valence-corrected chi connectivity index (χ2v) is 6.07. The lowest BCUT2D eigenvalue weighted by Gasteiger charge is -2.26. The van der Waals surface area contributed by atoms with E-state index in [-0.39, 0.29) is 5.82 Å². The van der Waals surface area contributed by atoms with Crippen LogP contribution in [0.1, 0.15) is 5.56 Å². The maximum absolute atomic E-state index is 13.6. The fraction of sp³-hybridized carbons (Fsp3) is 0.429. The Morgan fingerprint density at radius 3 is 2.95 bits per heavy atom. The SMILES string of the molecule is Fc1cc(Br)ccc1/C=N\NC(=S)NCCN1CCOCC1. The van der Waals surface area contributed by atoms with Gasteiger partial charge in [-0.25, -0.2) is 4.39 Å². The lowest BCUT2D eigenvalue weighted by Crippen LogP contribution is -2.42. The van der Waals surface area contributed by atoms with E-state index in [4.69, 9.17) is 17.0 Å². The van der Waals surface area contributed by atoms with Crippen LogP contribution in [0.25, 0.3) is 0 Å². The van der Waals surface area contributed by atoms with Crippen molar-refractivity contribution in [2.24, 2.45) is 5.10 Å². The number of halogens is 2. The van der Waals surface area contributed by atoms with E-state index in [1.54, 1.807) is 12.1 Å². The van der Waals surface area contributed by atoms with E-state index < -0.39 is 0 Å². The molecule has 2 rings (SSSR count). The number of benzene rings is 1. The second-order valence-electron chi connectivity index (χ2n) is 4.75. The number of ether oxygens (including phenoxy) is 1. The first-order chi connectivity index (χ1) is 10.6. The van der Waals surface area contributed by atoms with Crippen molar-refractivity contribution in [3.05, 3.63) is 34.1 Å². The van der Waals surface area contributed by atoms with Crippen molar-refractivity contribution in [2.75, 3.05) is 39.4 Å². The second kappa shape index (κ2) is 9.14. The average molecular weight is 389 g/mol. The molecule has 2 N–H and O–H groups in total. The summed E-state index contributed by atoms with van der Waals surface area (Å²) in [5, 5.41) is 7.41. The molecule has 1 aliphatic heterocycles. The van der Waals surface area contributed by atoms with Gasteiger partial charge in [-0.1, -0.05) is 15.9 Å². The van der Waals surface area contributed by atoms with Crippen LogP contribution in [0.4, 0.5) is 4.39 Å². The summed E-state index contributed by atoms with van der Waals surface area (Å²) in [6.07, 6.45) is 1.40. The van der Waals surface area contributed by atoms with Gasteiger partial charge in [0.05, 0.1) is 19.4 Å². The third-order valence-electron chi connectivity index (χ3n) is 3.15. The van der Waals surface area contributed by atoms with E-state index in [2.05, 4.69) is 36.7 Å². The molecule has 0 atom stereocenters. The Hall–Kier alpha value is -1.09. The molecular weight excluding hydrogens is 371 g/mol. The molecule has 22 heavy (non-hydrogen) atoms. The Bertz CT molecular complexity index is 538. The molecule has 1 saturated heterocycles. The van der Waals surface area contributed by atoms with E-state index in [0.717, 1.165) is 39.4 Å². The molecule has 8 heteroatoms. The van der Waals surface area contributed by atoms with Gasteiger partial charge in [0.1, 0.15) is 5.82 Å². The molecule has 0 aromatic heterocycles. The van der Waals surface area contributed by atoms with E-state index in [1.807, 2.05) is 0 Å². The largest absolute Gasteiger partial charge is 0.379 e. The van der Waals surface area contributed by atoms with Crippen LogP contribution in [0.5, 0.6) is 0 Å². The lowest BCUT2D eigenvalue weighted by atomic mass is 10.2. The predicted molar refractivity (Wildman–Crippen MR) is 92.7 cm³/mol. The Labute approximate surface area is 143 Å². The minimum absolute atomic E-state index is 0.342. The van der Waals surface area contributed by atoms with E-state index in [0.29, 0.717) is 15.1 Å². The van der Waals surface area contributed by atoms with Gasteiger partial charge >= 0.3 is 0 Å². The van der Waals surface area contributed by atoms with Crippen molar-refractivity contribution in [3.63, 3.8) is 0 Å². The van der Waals surface area contributed by atoms with Gasteiger partial charge in [0, 0.05) is 36.2 Å². The Kier molecular flexibility index (Phi) is 7.17. The highest BCUT2D eigenvalue weighted by Crippen LogP contribution is 2.13. The summed E-state index contributed by atoms with van der Waals surface area (Å²) in [5.41, 5.74) is 3.07. The van der Waals surface area contributed by atoms with Gasteiger partial charge in [0.25, 0.3) is 0 Å². The topological polar surface area (TPSA) is 48.9 Å². The zero-order valence-electron chi connectivity index (χ0n) is 12.0. The number of nitrogens with zero attached hydrogens (tertiary/aromatic N) is 2. The lowest BCUT2D eigenvalue weighted by molar-refractivity contribution is 0.0389. The fourth-order valence-corrected chi connectivity index (χ4v) is 2.45. The smallest absolute Gasteiger partial charge is 0.187 e. The summed E-state index contributed by atoms with van der Waals surface area (Å²) in [4.78, 5) is 2.31. The van der Waals surface area contributed by atoms with Crippen LogP contribution in [-0.4, -0.2) is 55.6 Å². The molecule has 0 bridgehead atoms. The first-order valence-corrected chi connectivity index (χ1v) is 8.17. The monoisotopic (exact) mass is 388 g/mol.